The Hall–Kier alpha value is -2.34. The lowest BCUT2D eigenvalue weighted by Crippen LogP contribution is -2.11. The van der Waals surface area contributed by atoms with Gasteiger partial charge in [-0.2, -0.15) is 0 Å². The van der Waals surface area contributed by atoms with Gasteiger partial charge in [0.2, 0.25) is 0 Å². The predicted octanol–water partition coefficient (Wildman–Crippen LogP) is 11.4. The van der Waals surface area contributed by atoms with Crippen LogP contribution in [0.4, 0.5) is 0 Å². The van der Waals surface area contributed by atoms with E-state index in [4.69, 9.17) is 0 Å². The summed E-state index contributed by atoms with van der Waals surface area (Å²) in [6.07, 6.45) is 4.56. The van der Waals surface area contributed by atoms with E-state index in [9.17, 15) is 0 Å². The smallest absolute Gasteiger partial charge is 0.0184 e. The summed E-state index contributed by atoms with van der Waals surface area (Å²) in [4.78, 5) is 0. The molecule has 0 aromatic heterocycles. The Labute approximate surface area is 236 Å². The van der Waals surface area contributed by atoms with Gasteiger partial charge in [-0.15, -0.1) is 0 Å². The quantitative estimate of drug-likeness (QED) is 0.319. The van der Waals surface area contributed by atoms with Crippen molar-refractivity contribution in [1.29, 1.82) is 0 Å². The van der Waals surface area contributed by atoms with E-state index in [2.05, 4.69) is 156 Å². The largest absolute Gasteiger partial charge is 0.0617 e. The fourth-order valence-corrected chi connectivity index (χ4v) is 4.93. The molecule has 0 N–H and O–H groups in total. The molecule has 0 amide bonds. The summed E-state index contributed by atoms with van der Waals surface area (Å²) in [5.41, 5.74) is 9.82. The molecule has 0 radical (unpaired) electrons. The average molecular weight is 513 g/mol. The molecule has 0 fully saturated rings. The summed E-state index contributed by atoms with van der Waals surface area (Å²) in [6, 6.07) is 27.1. The van der Waals surface area contributed by atoms with E-state index in [0.717, 1.165) is 25.7 Å². The molecule has 3 rings (SSSR count). The molecule has 0 heterocycles. The first-order valence-electron chi connectivity index (χ1n) is 14.5. The first-order chi connectivity index (χ1) is 17.3. The molecule has 38 heavy (non-hydrogen) atoms. The van der Waals surface area contributed by atoms with Crippen molar-refractivity contribution in [3.8, 4) is 11.1 Å². The molecule has 0 bridgehead atoms. The molecule has 0 unspecified atom stereocenters. The highest BCUT2D eigenvalue weighted by Gasteiger charge is 2.15. The summed E-state index contributed by atoms with van der Waals surface area (Å²) in [5.74, 6) is 0. The van der Waals surface area contributed by atoms with Gasteiger partial charge >= 0.3 is 0 Å². The maximum absolute atomic E-state index is 2.37. The molecule has 0 atom stereocenters. The maximum atomic E-state index is 2.37. The van der Waals surface area contributed by atoms with E-state index in [1.165, 1.54) is 33.4 Å². The molecule has 0 heteroatoms. The fourth-order valence-electron chi connectivity index (χ4n) is 4.93. The van der Waals surface area contributed by atoms with Crippen molar-refractivity contribution in [3.63, 3.8) is 0 Å². The molecule has 208 valence electrons. The van der Waals surface area contributed by atoms with Gasteiger partial charge in [0.25, 0.3) is 0 Å². The first kappa shape index (κ1) is 31.9. The van der Waals surface area contributed by atoms with Gasteiger partial charge in [-0.3, -0.25) is 0 Å². The van der Waals surface area contributed by atoms with Crippen LogP contribution in [0.3, 0.4) is 0 Å². The maximum Gasteiger partial charge on any atom is -0.0184 e. The zero-order valence-electron chi connectivity index (χ0n) is 26.8. The van der Waals surface area contributed by atoms with Gasteiger partial charge in [-0.1, -0.05) is 156 Å². The van der Waals surface area contributed by atoms with Crippen molar-refractivity contribution in [1.82, 2.24) is 0 Å². The Kier molecular flexibility index (Phi) is 10.6. The van der Waals surface area contributed by atoms with Crippen molar-refractivity contribution in [2.24, 2.45) is 21.7 Å². The Morgan fingerprint density at radius 1 is 0.342 bits per heavy atom. The fraction of sp³-hybridized carbons (Fsp3) is 0.526. The van der Waals surface area contributed by atoms with Crippen LogP contribution in [0.25, 0.3) is 11.1 Å². The highest BCUT2D eigenvalue weighted by molar-refractivity contribution is 5.64. The van der Waals surface area contributed by atoms with Gasteiger partial charge < -0.3 is 0 Å². The van der Waals surface area contributed by atoms with Crippen LogP contribution in [0.15, 0.2) is 72.8 Å². The van der Waals surface area contributed by atoms with Crippen molar-refractivity contribution in [3.05, 3.63) is 95.1 Å². The van der Waals surface area contributed by atoms with Crippen LogP contribution in [0.5, 0.6) is 0 Å². The second-order valence-electron chi connectivity index (χ2n) is 16.2. The van der Waals surface area contributed by atoms with E-state index in [1.807, 2.05) is 0 Å². The third-order valence-corrected chi connectivity index (χ3v) is 6.17. The molecule has 0 spiro atoms. The van der Waals surface area contributed by atoms with Crippen molar-refractivity contribution in [2.75, 3.05) is 0 Å². The Morgan fingerprint density at radius 3 is 0.868 bits per heavy atom. The molecule has 0 saturated heterocycles. The van der Waals surface area contributed by atoms with E-state index < -0.39 is 0 Å². The second-order valence-corrected chi connectivity index (χ2v) is 16.2. The van der Waals surface area contributed by atoms with Gasteiger partial charge in [0.15, 0.2) is 0 Å². The molecular weight excluding hydrogens is 456 g/mol. The molecule has 3 aromatic rings. The molecule has 0 aliphatic carbocycles. The van der Waals surface area contributed by atoms with Crippen LogP contribution >= 0.6 is 0 Å². The molecule has 0 aliphatic heterocycles. The molecular formula is C38H56. The second kappa shape index (κ2) is 12.7. The van der Waals surface area contributed by atoms with Crippen LogP contribution in [-0.4, -0.2) is 0 Å². The Bertz CT molecular complexity index is 1010. The van der Waals surface area contributed by atoms with Crippen molar-refractivity contribution < 1.29 is 0 Å². The van der Waals surface area contributed by atoms with Gasteiger partial charge in [0.1, 0.15) is 0 Å². The number of hydrogen-bond donors (Lipinski definition) is 0. The SMILES string of the molecule is CC(C)(C)Cc1ccc(-c2ccc(CC(C)(C)C)cc2)cc1.CC(C)(C)Cc1cccc(CC(C)(C)C)c1. The minimum atomic E-state index is 0.343. The van der Waals surface area contributed by atoms with E-state index in [0.29, 0.717) is 21.7 Å². The van der Waals surface area contributed by atoms with E-state index in [-0.39, 0.29) is 0 Å². The van der Waals surface area contributed by atoms with Gasteiger partial charge in [0, 0.05) is 0 Å². The summed E-state index contributed by atoms with van der Waals surface area (Å²) < 4.78 is 0. The van der Waals surface area contributed by atoms with Gasteiger partial charge in [-0.25, -0.2) is 0 Å². The van der Waals surface area contributed by atoms with Gasteiger partial charge in [-0.05, 0) is 80.7 Å². The van der Waals surface area contributed by atoms with E-state index >= 15 is 0 Å². The normalized spacial score (nSPS) is 12.6. The molecule has 0 aliphatic rings. The number of rotatable bonds is 5. The Morgan fingerprint density at radius 2 is 0.605 bits per heavy atom. The topological polar surface area (TPSA) is 0 Å². The van der Waals surface area contributed by atoms with Crippen LogP contribution < -0.4 is 0 Å². The number of benzene rings is 3. The lowest BCUT2D eigenvalue weighted by atomic mass is 9.85. The highest BCUT2D eigenvalue weighted by Crippen LogP contribution is 2.27. The van der Waals surface area contributed by atoms with Crippen LogP contribution in [0, 0.1) is 21.7 Å². The third kappa shape index (κ3) is 13.5. The summed E-state index contributed by atoms with van der Waals surface area (Å²) in [5, 5.41) is 0. The van der Waals surface area contributed by atoms with Crippen LogP contribution in [0.2, 0.25) is 0 Å². The Balaban J connectivity index is 0.000000281. The first-order valence-corrected chi connectivity index (χ1v) is 14.5. The predicted molar refractivity (Wildman–Crippen MR) is 171 cm³/mol. The molecule has 3 aromatic carbocycles. The van der Waals surface area contributed by atoms with Crippen LogP contribution in [-0.2, 0) is 25.7 Å². The summed E-state index contributed by atoms with van der Waals surface area (Å²) in [7, 11) is 0. The highest BCUT2D eigenvalue weighted by atomic mass is 14.2. The number of hydrogen-bond acceptors (Lipinski definition) is 0. The molecule has 0 nitrogen and oxygen atoms in total. The lowest BCUT2D eigenvalue weighted by Gasteiger charge is -2.21. The monoisotopic (exact) mass is 512 g/mol. The zero-order valence-corrected chi connectivity index (χ0v) is 26.8. The van der Waals surface area contributed by atoms with Crippen molar-refractivity contribution in [2.45, 2.75) is 109 Å². The minimum absolute atomic E-state index is 0.343. The van der Waals surface area contributed by atoms with Crippen LogP contribution in [0.1, 0.15) is 105 Å². The summed E-state index contributed by atoms with van der Waals surface area (Å²) >= 11 is 0. The van der Waals surface area contributed by atoms with E-state index in [1.54, 1.807) is 0 Å². The minimum Gasteiger partial charge on any atom is -0.0617 e. The summed E-state index contributed by atoms with van der Waals surface area (Å²) in [6.45, 7) is 27.5. The zero-order chi connectivity index (χ0) is 28.8. The lowest BCUT2D eigenvalue weighted by molar-refractivity contribution is 0.405. The molecule has 0 saturated carbocycles. The van der Waals surface area contributed by atoms with Gasteiger partial charge in [0.05, 0.1) is 0 Å². The average Bonchev–Trinajstić information content (AvgIpc) is 2.71. The standard InChI is InChI=1S/C22H30.C16H26/c1-21(2,3)15-17-7-11-19(12-8-17)20-13-9-18(10-14-20)16-22(4,5)6;1-15(2,3)11-13-8-7-9-14(10-13)12-16(4,5)6/h7-14H,15-16H2,1-6H3;7-10H,11-12H2,1-6H3. The van der Waals surface area contributed by atoms with Crippen molar-refractivity contribution >= 4 is 0 Å². The third-order valence-electron chi connectivity index (χ3n) is 6.17.